The third-order valence-electron chi connectivity index (χ3n) is 8.58. The number of hydrogen-bond acceptors (Lipinski definition) is 10. The monoisotopic (exact) mass is 590 g/mol. The highest BCUT2D eigenvalue weighted by Gasteiger charge is 2.63. The number of anilines is 1. The molecule has 0 bridgehead atoms. The number of benzene rings is 2. The molecule has 0 saturated heterocycles. The summed E-state index contributed by atoms with van der Waals surface area (Å²) in [6, 6.07) is 11.6. The Hall–Kier alpha value is -4.52. The van der Waals surface area contributed by atoms with Gasteiger partial charge in [-0.15, -0.1) is 0 Å². The number of hydrogen-bond donors (Lipinski definition) is 6. The maximum Gasteiger partial charge on any atom is 0.255 e. The molecule has 43 heavy (non-hydrogen) atoms. The zero-order valence-electron chi connectivity index (χ0n) is 24.0. The molecular weight excluding hydrogens is 556 g/mol. The molecule has 0 aliphatic heterocycles. The van der Waals surface area contributed by atoms with E-state index in [0.717, 1.165) is 5.56 Å². The number of phenolic OH excluding ortho intramolecular Hbond substituents is 1. The molecule has 2 amide bonds. The molecule has 2 aromatic carbocycles. The smallest absolute Gasteiger partial charge is 0.255 e. The van der Waals surface area contributed by atoms with E-state index in [0.29, 0.717) is 12.1 Å². The number of aliphatic hydroxyl groups is 3. The number of rotatable bonds is 7. The van der Waals surface area contributed by atoms with E-state index in [1.54, 1.807) is 32.1 Å². The van der Waals surface area contributed by atoms with Gasteiger partial charge in [0.2, 0.25) is 11.7 Å². The molecule has 3 unspecified atom stereocenters. The number of primary amides is 1. The van der Waals surface area contributed by atoms with Gasteiger partial charge in [0.15, 0.2) is 17.1 Å². The SMILES string of the molecule is CN(CC(=O)Nc1ccc2c(c1O)C(=O)C1=C(O)C3(O)C(=O)C(C(N)=O)=C(O)[C@@H](N(C)C)C3CC1C2)Cc1ccccc1. The minimum atomic E-state index is -2.71. The van der Waals surface area contributed by atoms with Gasteiger partial charge in [0.1, 0.15) is 17.1 Å². The van der Waals surface area contributed by atoms with E-state index in [-0.39, 0.29) is 36.2 Å². The highest BCUT2D eigenvalue weighted by atomic mass is 16.3. The van der Waals surface area contributed by atoms with Gasteiger partial charge in [-0.3, -0.25) is 29.0 Å². The van der Waals surface area contributed by atoms with Crippen molar-refractivity contribution < 1.29 is 39.6 Å². The van der Waals surface area contributed by atoms with E-state index in [1.807, 2.05) is 30.3 Å². The maximum absolute atomic E-state index is 13.8. The predicted molar refractivity (Wildman–Crippen MR) is 155 cm³/mol. The number of allylic oxidation sites excluding steroid dienone is 1. The summed E-state index contributed by atoms with van der Waals surface area (Å²) in [5.41, 5.74) is 2.81. The first kappa shape index (κ1) is 30.0. The Balaban J connectivity index is 1.46. The second-order valence-corrected chi connectivity index (χ2v) is 11.7. The minimum absolute atomic E-state index is 0.000482. The lowest BCUT2D eigenvalue weighted by atomic mass is 9.58. The van der Waals surface area contributed by atoms with Crippen LogP contribution < -0.4 is 11.1 Å². The van der Waals surface area contributed by atoms with Crippen LogP contribution in [0.4, 0.5) is 5.69 Å². The highest BCUT2D eigenvalue weighted by molar-refractivity contribution is 6.25. The zero-order chi connectivity index (χ0) is 31.4. The lowest BCUT2D eigenvalue weighted by molar-refractivity contribution is -0.148. The lowest BCUT2D eigenvalue weighted by Gasteiger charge is -2.50. The summed E-state index contributed by atoms with van der Waals surface area (Å²) < 4.78 is 0. The van der Waals surface area contributed by atoms with Crippen molar-refractivity contribution in [3.8, 4) is 5.75 Å². The van der Waals surface area contributed by atoms with Crippen LogP contribution in [-0.4, -0.2) is 92.9 Å². The molecule has 12 heteroatoms. The van der Waals surface area contributed by atoms with E-state index >= 15 is 0 Å². The summed E-state index contributed by atoms with van der Waals surface area (Å²) in [5, 5.41) is 47.7. The van der Waals surface area contributed by atoms with Crippen molar-refractivity contribution in [2.24, 2.45) is 17.6 Å². The van der Waals surface area contributed by atoms with Crippen molar-refractivity contribution in [1.82, 2.24) is 9.80 Å². The summed E-state index contributed by atoms with van der Waals surface area (Å²) in [7, 11) is 4.91. The zero-order valence-corrected chi connectivity index (χ0v) is 24.0. The van der Waals surface area contributed by atoms with E-state index in [2.05, 4.69) is 5.32 Å². The first-order valence-electron chi connectivity index (χ1n) is 13.8. The minimum Gasteiger partial charge on any atom is -0.510 e. The van der Waals surface area contributed by atoms with Crippen LogP contribution in [-0.2, 0) is 27.3 Å². The number of ketones is 2. The molecule has 0 spiro atoms. The van der Waals surface area contributed by atoms with Gasteiger partial charge in [-0.25, -0.2) is 0 Å². The van der Waals surface area contributed by atoms with E-state index < -0.39 is 69.7 Å². The first-order valence-corrected chi connectivity index (χ1v) is 13.8. The number of nitrogens with zero attached hydrogens (tertiary/aromatic N) is 2. The number of nitrogens with two attached hydrogens (primary N) is 1. The van der Waals surface area contributed by atoms with Crippen LogP contribution in [0.5, 0.6) is 5.75 Å². The summed E-state index contributed by atoms with van der Waals surface area (Å²) in [5.74, 6) is -7.67. The Kier molecular flexibility index (Phi) is 7.63. The number of phenols is 1. The van der Waals surface area contributed by atoms with Gasteiger partial charge in [-0.2, -0.15) is 0 Å². The van der Waals surface area contributed by atoms with Crippen molar-refractivity contribution in [1.29, 1.82) is 0 Å². The normalized spacial score (nSPS) is 25.0. The predicted octanol–water partition coefficient (Wildman–Crippen LogP) is 1.19. The van der Waals surface area contributed by atoms with Crippen LogP contribution in [0.15, 0.2) is 65.1 Å². The van der Waals surface area contributed by atoms with E-state index in [4.69, 9.17) is 5.73 Å². The van der Waals surface area contributed by atoms with Crippen molar-refractivity contribution in [2.45, 2.75) is 31.0 Å². The molecule has 3 aliphatic carbocycles. The second-order valence-electron chi connectivity index (χ2n) is 11.7. The average molecular weight is 591 g/mol. The average Bonchev–Trinajstić information content (AvgIpc) is 2.92. The number of nitrogens with one attached hydrogen (secondary N) is 1. The summed E-state index contributed by atoms with van der Waals surface area (Å²) in [6.07, 6.45) is 0.162. The highest BCUT2D eigenvalue weighted by Crippen LogP contribution is 2.52. The van der Waals surface area contributed by atoms with Crippen LogP contribution >= 0.6 is 0 Å². The molecule has 0 aromatic heterocycles. The largest absolute Gasteiger partial charge is 0.510 e. The quantitative estimate of drug-likeness (QED) is 0.201. The van der Waals surface area contributed by atoms with Crippen LogP contribution in [0.1, 0.15) is 27.9 Å². The van der Waals surface area contributed by atoms with Gasteiger partial charge < -0.3 is 31.5 Å². The van der Waals surface area contributed by atoms with Crippen LogP contribution in [0, 0.1) is 11.8 Å². The molecule has 7 N–H and O–H groups in total. The van der Waals surface area contributed by atoms with Crippen molar-refractivity contribution >= 4 is 29.1 Å². The first-order chi connectivity index (χ1) is 20.3. The fourth-order valence-electron chi connectivity index (χ4n) is 6.71. The Morgan fingerprint density at radius 3 is 2.35 bits per heavy atom. The topological polar surface area (TPSA) is 194 Å². The van der Waals surface area contributed by atoms with Crippen LogP contribution in [0.2, 0.25) is 0 Å². The number of likely N-dealkylation sites (N-methyl/N-ethyl adjacent to an activating group) is 2. The fourth-order valence-corrected chi connectivity index (χ4v) is 6.71. The molecule has 0 fully saturated rings. The number of aliphatic hydroxyl groups excluding tert-OH is 2. The molecule has 2 aromatic rings. The van der Waals surface area contributed by atoms with Crippen LogP contribution in [0.25, 0.3) is 0 Å². The number of carbonyl (C=O) groups excluding carboxylic acids is 4. The Morgan fingerprint density at radius 1 is 1.05 bits per heavy atom. The lowest BCUT2D eigenvalue weighted by Crippen LogP contribution is -2.63. The second kappa shape index (κ2) is 11.0. The molecule has 0 radical (unpaired) electrons. The molecular formula is C31H34N4O8. The maximum atomic E-state index is 13.8. The summed E-state index contributed by atoms with van der Waals surface area (Å²) in [4.78, 5) is 55.4. The number of fused-ring (bicyclic) bond motifs is 3. The summed E-state index contributed by atoms with van der Waals surface area (Å²) in [6.45, 7) is 0.513. The Bertz CT molecular complexity index is 1600. The molecule has 5 rings (SSSR count). The number of carbonyl (C=O) groups is 4. The Labute approximate surface area is 247 Å². The third kappa shape index (κ3) is 4.86. The molecule has 3 aliphatic rings. The van der Waals surface area contributed by atoms with Gasteiger partial charge in [-0.1, -0.05) is 36.4 Å². The van der Waals surface area contributed by atoms with Crippen molar-refractivity contribution in [3.63, 3.8) is 0 Å². The van der Waals surface area contributed by atoms with Gasteiger partial charge in [0.25, 0.3) is 5.91 Å². The van der Waals surface area contributed by atoms with E-state index in [9.17, 15) is 39.6 Å². The number of amides is 2. The van der Waals surface area contributed by atoms with Gasteiger partial charge in [0.05, 0.1) is 23.8 Å². The van der Waals surface area contributed by atoms with Crippen molar-refractivity contribution in [2.75, 3.05) is 33.0 Å². The summed E-state index contributed by atoms with van der Waals surface area (Å²) >= 11 is 0. The standard InChI is InChI=1S/C31H34N4O8/c1-34(2)24-18-12-17-11-16-9-10-19(33-20(36)14-35(3)13-15-7-5-4-6-8-15)25(37)21(16)26(38)22(17)28(40)31(18,43)29(41)23(27(24)39)30(32)42/h4-10,17-18,24,37,39-40,43H,11-14H2,1-3H3,(H2,32,42)(H,33,36)/t17?,18?,24-,31?/m0/s1. The number of Topliss-reactive ketones (excluding diaryl/α,β-unsaturated/α-hetero) is 2. The number of aromatic hydroxyl groups is 1. The molecule has 226 valence electrons. The molecule has 0 heterocycles. The third-order valence-corrected chi connectivity index (χ3v) is 8.58. The van der Waals surface area contributed by atoms with Gasteiger partial charge in [-0.05, 0) is 57.1 Å². The molecule has 0 saturated carbocycles. The van der Waals surface area contributed by atoms with Gasteiger partial charge in [0, 0.05) is 18.0 Å². The Morgan fingerprint density at radius 2 is 1.72 bits per heavy atom. The van der Waals surface area contributed by atoms with Gasteiger partial charge >= 0.3 is 0 Å². The van der Waals surface area contributed by atoms with E-state index in [1.165, 1.54) is 11.0 Å². The molecule has 12 nitrogen and oxygen atoms in total. The molecule has 4 atom stereocenters. The van der Waals surface area contributed by atoms with Crippen molar-refractivity contribution in [3.05, 3.63) is 81.8 Å². The van der Waals surface area contributed by atoms with Crippen LogP contribution in [0.3, 0.4) is 0 Å². The fraction of sp³-hybridized carbons (Fsp3) is 0.355.